The number of carbonyl (C=O) groups excluding carboxylic acids is 1. The van der Waals surface area contributed by atoms with Gasteiger partial charge in [0, 0.05) is 15.8 Å². The summed E-state index contributed by atoms with van der Waals surface area (Å²) in [6.07, 6.45) is -0.166. The van der Waals surface area contributed by atoms with E-state index in [2.05, 4.69) is 17.2 Å². The van der Waals surface area contributed by atoms with Crippen LogP contribution < -0.4 is 5.32 Å². The minimum Gasteiger partial charge on any atom is -0.341 e. The summed E-state index contributed by atoms with van der Waals surface area (Å²) in [6.45, 7) is 0.0969. The molecule has 1 aromatic carbocycles. The summed E-state index contributed by atoms with van der Waals surface area (Å²) in [5.41, 5.74) is 1.39. The highest BCUT2D eigenvalue weighted by Crippen LogP contribution is 2.30. The van der Waals surface area contributed by atoms with Gasteiger partial charge in [0.05, 0.1) is 17.7 Å². The van der Waals surface area contributed by atoms with Crippen molar-refractivity contribution >= 4 is 17.2 Å². The van der Waals surface area contributed by atoms with E-state index in [4.69, 9.17) is 0 Å². The van der Waals surface area contributed by atoms with Gasteiger partial charge < -0.3 is 5.32 Å². The van der Waals surface area contributed by atoms with Crippen molar-refractivity contribution in [2.75, 3.05) is 6.54 Å². The van der Waals surface area contributed by atoms with Crippen molar-refractivity contribution in [2.45, 2.75) is 31.9 Å². The van der Waals surface area contributed by atoms with Crippen molar-refractivity contribution in [1.29, 1.82) is 0 Å². The molecular formula is C19H16F3NOS. The first-order valence-electron chi connectivity index (χ1n) is 7.99. The fraction of sp³-hybridized carbons (Fsp3) is 0.316. The average molecular weight is 363 g/mol. The van der Waals surface area contributed by atoms with Crippen molar-refractivity contribution in [3.63, 3.8) is 0 Å². The van der Waals surface area contributed by atoms with Crippen LogP contribution in [0.15, 0.2) is 29.6 Å². The Kier molecular flexibility index (Phi) is 5.14. The van der Waals surface area contributed by atoms with Gasteiger partial charge in [0.25, 0.3) is 5.91 Å². The molecule has 1 N–H and O–H groups in total. The zero-order chi connectivity index (χ0) is 17.9. The Morgan fingerprint density at radius 1 is 1.24 bits per heavy atom. The number of nitrogens with one attached hydrogen (secondary N) is 1. The molecule has 3 rings (SSSR count). The third-order valence-electron chi connectivity index (χ3n) is 4.07. The van der Waals surface area contributed by atoms with Crippen LogP contribution in [0.4, 0.5) is 13.2 Å². The van der Waals surface area contributed by atoms with Crippen LogP contribution in [-0.2, 0) is 19.0 Å². The number of benzene rings is 1. The molecule has 1 amide bonds. The molecule has 1 heterocycles. The van der Waals surface area contributed by atoms with Gasteiger partial charge in [0.2, 0.25) is 0 Å². The maximum Gasteiger partial charge on any atom is 0.416 e. The molecule has 6 heteroatoms. The number of carbonyl (C=O) groups is 1. The zero-order valence-electron chi connectivity index (χ0n) is 13.4. The molecule has 0 fully saturated rings. The van der Waals surface area contributed by atoms with E-state index in [0.717, 1.165) is 43.4 Å². The summed E-state index contributed by atoms with van der Waals surface area (Å²) in [5, 5.41) is 4.60. The van der Waals surface area contributed by atoms with Crippen molar-refractivity contribution in [3.8, 4) is 11.8 Å². The molecule has 130 valence electrons. The lowest BCUT2D eigenvalue weighted by atomic mass is 9.96. The van der Waals surface area contributed by atoms with Crippen LogP contribution in [0.25, 0.3) is 0 Å². The average Bonchev–Trinajstić information content (AvgIpc) is 3.02. The monoisotopic (exact) mass is 363 g/mol. The first kappa shape index (κ1) is 17.6. The highest BCUT2D eigenvalue weighted by atomic mass is 32.1. The molecule has 0 saturated carbocycles. The Hall–Kier alpha value is -2.26. The second-order valence-corrected chi connectivity index (χ2v) is 6.79. The van der Waals surface area contributed by atoms with Gasteiger partial charge in [-0.15, -0.1) is 11.3 Å². The molecule has 0 saturated heterocycles. The highest BCUT2D eigenvalue weighted by Gasteiger charge is 2.30. The molecule has 0 spiro atoms. The smallest absolute Gasteiger partial charge is 0.341 e. The van der Waals surface area contributed by atoms with E-state index in [-0.39, 0.29) is 18.0 Å². The minimum absolute atomic E-state index is 0.0969. The molecule has 1 aliphatic carbocycles. The van der Waals surface area contributed by atoms with Crippen LogP contribution in [0.1, 0.15) is 44.8 Å². The lowest BCUT2D eigenvalue weighted by Gasteiger charge is -2.12. The first-order chi connectivity index (χ1) is 11.9. The first-order valence-corrected chi connectivity index (χ1v) is 8.86. The molecule has 1 aromatic heterocycles. The van der Waals surface area contributed by atoms with Gasteiger partial charge in [-0.3, -0.25) is 4.79 Å². The van der Waals surface area contributed by atoms with Gasteiger partial charge in [-0.05, 0) is 49.4 Å². The number of fused-ring (bicyclic) bond motifs is 1. The second kappa shape index (κ2) is 7.32. The van der Waals surface area contributed by atoms with E-state index in [1.807, 2.05) is 5.38 Å². The fourth-order valence-electron chi connectivity index (χ4n) is 2.82. The Labute approximate surface area is 148 Å². The molecule has 25 heavy (non-hydrogen) atoms. The van der Waals surface area contributed by atoms with E-state index in [9.17, 15) is 18.0 Å². The summed E-state index contributed by atoms with van der Waals surface area (Å²) in [4.78, 5) is 13.5. The number of rotatable bonds is 2. The van der Waals surface area contributed by atoms with Gasteiger partial charge in [-0.2, -0.15) is 13.2 Å². The summed E-state index contributed by atoms with van der Waals surface area (Å²) in [5.74, 6) is 5.20. The number of hydrogen-bond acceptors (Lipinski definition) is 2. The third kappa shape index (κ3) is 4.23. The predicted octanol–water partition coefficient (Wildman–Crippen LogP) is 4.43. The van der Waals surface area contributed by atoms with Crippen molar-refractivity contribution < 1.29 is 18.0 Å². The Balaban J connectivity index is 1.61. The molecule has 0 aliphatic heterocycles. The number of hydrogen-bond donors (Lipinski definition) is 1. The lowest BCUT2D eigenvalue weighted by Crippen LogP contribution is -2.24. The topological polar surface area (TPSA) is 29.1 Å². The third-order valence-corrected chi connectivity index (χ3v) is 5.15. The summed E-state index contributed by atoms with van der Waals surface area (Å²) >= 11 is 1.62. The number of amides is 1. The number of thiophene rings is 1. The minimum atomic E-state index is -4.38. The van der Waals surface area contributed by atoms with Gasteiger partial charge in [0.1, 0.15) is 0 Å². The van der Waals surface area contributed by atoms with Crippen LogP contribution >= 0.6 is 11.3 Å². The largest absolute Gasteiger partial charge is 0.416 e. The SMILES string of the molecule is O=C(NCC#Cc1cccc(C(F)(F)F)c1)c1csc2c1CCCC2. The standard InChI is InChI=1S/C19H16F3NOS/c20-19(21,22)14-7-3-5-13(11-14)6-4-10-23-18(24)16-12-25-17-9-2-1-8-15(16)17/h3,5,7,11-12H,1-2,8-10H2,(H,23,24). The number of alkyl halides is 3. The summed E-state index contributed by atoms with van der Waals surface area (Å²) in [6, 6.07) is 4.85. The summed E-state index contributed by atoms with van der Waals surface area (Å²) < 4.78 is 38.0. The molecule has 2 aromatic rings. The van der Waals surface area contributed by atoms with Crippen molar-refractivity contribution in [1.82, 2.24) is 5.32 Å². The van der Waals surface area contributed by atoms with Gasteiger partial charge >= 0.3 is 6.18 Å². The van der Waals surface area contributed by atoms with Crippen LogP contribution in [0.3, 0.4) is 0 Å². The number of halogens is 3. The van der Waals surface area contributed by atoms with Gasteiger partial charge in [0.15, 0.2) is 0 Å². The van der Waals surface area contributed by atoms with E-state index in [1.54, 1.807) is 11.3 Å². The molecule has 0 bridgehead atoms. The quantitative estimate of drug-likeness (QED) is 0.786. The number of aryl methyl sites for hydroxylation is 1. The van der Waals surface area contributed by atoms with Crippen LogP contribution in [0.5, 0.6) is 0 Å². The molecular weight excluding hydrogens is 347 g/mol. The van der Waals surface area contributed by atoms with Gasteiger partial charge in [-0.25, -0.2) is 0 Å². The maximum absolute atomic E-state index is 12.7. The van der Waals surface area contributed by atoms with E-state index in [1.165, 1.54) is 17.0 Å². The lowest BCUT2D eigenvalue weighted by molar-refractivity contribution is -0.137. The molecule has 0 atom stereocenters. The Morgan fingerprint density at radius 3 is 2.84 bits per heavy atom. The van der Waals surface area contributed by atoms with Crippen molar-refractivity contribution in [3.05, 3.63) is 56.8 Å². The van der Waals surface area contributed by atoms with Crippen LogP contribution in [0, 0.1) is 11.8 Å². The van der Waals surface area contributed by atoms with Crippen LogP contribution in [-0.4, -0.2) is 12.5 Å². The molecule has 0 radical (unpaired) electrons. The molecule has 1 aliphatic rings. The van der Waals surface area contributed by atoms with E-state index in [0.29, 0.717) is 5.56 Å². The second-order valence-electron chi connectivity index (χ2n) is 5.82. The zero-order valence-corrected chi connectivity index (χ0v) is 14.2. The van der Waals surface area contributed by atoms with Gasteiger partial charge in [-0.1, -0.05) is 17.9 Å². The predicted molar refractivity (Wildman–Crippen MR) is 91.6 cm³/mol. The van der Waals surface area contributed by atoms with E-state index >= 15 is 0 Å². The summed E-state index contributed by atoms with van der Waals surface area (Å²) in [7, 11) is 0. The fourth-order valence-corrected chi connectivity index (χ4v) is 3.95. The molecule has 0 unspecified atom stereocenters. The highest BCUT2D eigenvalue weighted by molar-refractivity contribution is 7.10. The maximum atomic E-state index is 12.7. The van der Waals surface area contributed by atoms with Crippen molar-refractivity contribution in [2.24, 2.45) is 0 Å². The normalized spacial score (nSPS) is 13.6. The Bertz CT molecular complexity index is 842. The van der Waals surface area contributed by atoms with E-state index < -0.39 is 11.7 Å². The molecule has 2 nitrogen and oxygen atoms in total. The van der Waals surface area contributed by atoms with Crippen LogP contribution in [0.2, 0.25) is 0 Å². The Morgan fingerprint density at radius 2 is 2.04 bits per heavy atom.